The Labute approximate surface area is 107 Å². The van der Waals surface area contributed by atoms with Crippen LogP contribution in [0.5, 0.6) is 0 Å². The molecule has 0 spiro atoms. The third-order valence-electron chi connectivity index (χ3n) is 3.78. The van der Waals surface area contributed by atoms with Gasteiger partial charge in [0, 0.05) is 19.4 Å². The molecule has 1 aliphatic rings. The van der Waals surface area contributed by atoms with Gasteiger partial charge >= 0.3 is 0 Å². The molecule has 1 atom stereocenters. The number of aromatic nitrogens is 2. The third-order valence-corrected chi connectivity index (χ3v) is 3.78. The highest BCUT2D eigenvalue weighted by Gasteiger charge is 2.24. The summed E-state index contributed by atoms with van der Waals surface area (Å²) in [4.78, 5) is 4.43. The quantitative estimate of drug-likeness (QED) is 0.880. The van der Waals surface area contributed by atoms with Crippen LogP contribution >= 0.6 is 0 Å². The van der Waals surface area contributed by atoms with Crippen LogP contribution in [0.3, 0.4) is 0 Å². The summed E-state index contributed by atoms with van der Waals surface area (Å²) < 4.78 is 7.59. The van der Waals surface area contributed by atoms with Crippen molar-refractivity contribution in [2.45, 2.75) is 25.3 Å². The van der Waals surface area contributed by atoms with Gasteiger partial charge in [-0.2, -0.15) is 0 Å². The van der Waals surface area contributed by atoms with Crippen molar-refractivity contribution in [3.63, 3.8) is 0 Å². The second kappa shape index (κ2) is 4.98. The monoisotopic (exact) mass is 245 g/mol. The SMILES string of the molecule is Cn1ccnc1C(NCC1CCC1)c1ccco1. The van der Waals surface area contributed by atoms with Gasteiger partial charge in [-0.25, -0.2) is 4.98 Å². The van der Waals surface area contributed by atoms with Crippen LogP contribution in [0.15, 0.2) is 35.2 Å². The number of imidazole rings is 1. The summed E-state index contributed by atoms with van der Waals surface area (Å²) in [6.07, 6.45) is 9.58. The van der Waals surface area contributed by atoms with Crippen LogP contribution in [0.2, 0.25) is 0 Å². The first kappa shape index (κ1) is 11.5. The maximum absolute atomic E-state index is 5.54. The van der Waals surface area contributed by atoms with Crippen molar-refractivity contribution >= 4 is 0 Å². The van der Waals surface area contributed by atoms with Gasteiger partial charge < -0.3 is 14.3 Å². The Kier molecular flexibility index (Phi) is 3.19. The first-order chi connectivity index (χ1) is 8.84. The molecule has 2 heterocycles. The molecule has 1 aliphatic carbocycles. The minimum Gasteiger partial charge on any atom is -0.467 e. The van der Waals surface area contributed by atoms with E-state index in [0.717, 1.165) is 24.0 Å². The van der Waals surface area contributed by atoms with Gasteiger partial charge in [-0.05, 0) is 37.4 Å². The summed E-state index contributed by atoms with van der Waals surface area (Å²) >= 11 is 0. The van der Waals surface area contributed by atoms with E-state index in [9.17, 15) is 0 Å². The summed E-state index contributed by atoms with van der Waals surface area (Å²) in [5.41, 5.74) is 0. The van der Waals surface area contributed by atoms with E-state index in [1.165, 1.54) is 19.3 Å². The van der Waals surface area contributed by atoms with Crippen LogP contribution in [-0.4, -0.2) is 16.1 Å². The van der Waals surface area contributed by atoms with Crippen LogP contribution in [0.4, 0.5) is 0 Å². The van der Waals surface area contributed by atoms with Gasteiger partial charge in [0.1, 0.15) is 17.6 Å². The molecule has 96 valence electrons. The third kappa shape index (κ3) is 2.20. The molecule has 18 heavy (non-hydrogen) atoms. The molecule has 0 saturated heterocycles. The van der Waals surface area contributed by atoms with Crippen LogP contribution in [0, 0.1) is 5.92 Å². The smallest absolute Gasteiger partial charge is 0.133 e. The fourth-order valence-electron chi connectivity index (χ4n) is 2.41. The van der Waals surface area contributed by atoms with Gasteiger partial charge in [-0.1, -0.05) is 6.42 Å². The lowest BCUT2D eigenvalue weighted by atomic mass is 9.85. The average Bonchev–Trinajstić information content (AvgIpc) is 2.94. The van der Waals surface area contributed by atoms with Gasteiger partial charge in [-0.15, -0.1) is 0 Å². The summed E-state index contributed by atoms with van der Waals surface area (Å²) in [6, 6.07) is 3.99. The van der Waals surface area contributed by atoms with Crippen molar-refractivity contribution < 1.29 is 4.42 Å². The molecule has 0 aromatic carbocycles. The molecule has 1 saturated carbocycles. The first-order valence-corrected chi connectivity index (χ1v) is 6.58. The van der Waals surface area contributed by atoms with Crippen molar-refractivity contribution in [2.24, 2.45) is 13.0 Å². The Morgan fingerprint density at radius 2 is 2.44 bits per heavy atom. The van der Waals surface area contributed by atoms with E-state index < -0.39 is 0 Å². The molecule has 4 nitrogen and oxygen atoms in total. The van der Waals surface area contributed by atoms with E-state index in [1.807, 2.05) is 36.1 Å². The zero-order valence-electron chi connectivity index (χ0n) is 10.7. The normalized spacial score (nSPS) is 17.6. The van der Waals surface area contributed by atoms with E-state index in [4.69, 9.17) is 4.42 Å². The number of hydrogen-bond donors (Lipinski definition) is 1. The molecule has 1 N–H and O–H groups in total. The number of aryl methyl sites for hydroxylation is 1. The molecule has 2 aromatic rings. The van der Waals surface area contributed by atoms with Crippen molar-refractivity contribution in [3.05, 3.63) is 42.4 Å². The molecule has 2 aromatic heterocycles. The average molecular weight is 245 g/mol. The highest BCUT2D eigenvalue weighted by molar-refractivity contribution is 5.15. The van der Waals surface area contributed by atoms with E-state index in [1.54, 1.807) is 6.26 Å². The largest absolute Gasteiger partial charge is 0.467 e. The minimum absolute atomic E-state index is 0.0561. The van der Waals surface area contributed by atoms with Crippen LogP contribution in [0.1, 0.15) is 36.9 Å². The first-order valence-electron chi connectivity index (χ1n) is 6.58. The number of nitrogens with zero attached hydrogens (tertiary/aromatic N) is 2. The van der Waals surface area contributed by atoms with E-state index >= 15 is 0 Å². The van der Waals surface area contributed by atoms with Gasteiger partial charge in [0.2, 0.25) is 0 Å². The van der Waals surface area contributed by atoms with Crippen molar-refractivity contribution in [1.29, 1.82) is 0 Å². The predicted molar refractivity (Wildman–Crippen MR) is 69.1 cm³/mol. The molecule has 4 heteroatoms. The Morgan fingerprint density at radius 1 is 1.56 bits per heavy atom. The maximum atomic E-state index is 5.54. The molecule has 1 fully saturated rings. The summed E-state index contributed by atoms with van der Waals surface area (Å²) in [5.74, 6) is 2.76. The van der Waals surface area contributed by atoms with Crippen molar-refractivity contribution in [3.8, 4) is 0 Å². The molecular formula is C14H19N3O. The predicted octanol–water partition coefficient (Wildman–Crippen LogP) is 2.49. The molecule has 0 amide bonds. The van der Waals surface area contributed by atoms with Crippen LogP contribution < -0.4 is 5.32 Å². The summed E-state index contributed by atoms with van der Waals surface area (Å²) in [6.45, 7) is 1.04. The fraction of sp³-hybridized carbons (Fsp3) is 0.500. The highest BCUT2D eigenvalue weighted by Crippen LogP contribution is 2.27. The zero-order chi connectivity index (χ0) is 12.4. The van der Waals surface area contributed by atoms with Gasteiger partial charge in [0.15, 0.2) is 0 Å². The molecule has 3 rings (SSSR count). The highest BCUT2D eigenvalue weighted by atomic mass is 16.3. The van der Waals surface area contributed by atoms with Gasteiger partial charge in [0.25, 0.3) is 0 Å². The lowest BCUT2D eigenvalue weighted by Crippen LogP contribution is -2.32. The van der Waals surface area contributed by atoms with E-state index in [2.05, 4.69) is 10.3 Å². The maximum Gasteiger partial charge on any atom is 0.133 e. The Morgan fingerprint density at radius 3 is 3.00 bits per heavy atom. The Hall–Kier alpha value is -1.55. The lowest BCUT2D eigenvalue weighted by molar-refractivity contribution is 0.286. The molecule has 0 aliphatic heterocycles. The Balaban J connectivity index is 1.77. The molecule has 0 bridgehead atoms. The van der Waals surface area contributed by atoms with E-state index in [0.29, 0.717) is 0 Å². The topological polar surface area (TPSA) is 43.0 Å². The molecule has 1 unspecified atom stereocenters. The van der Waals surface area contributed by atoms with Crippen LogP contribution in [0.25, 0.3) is 0 Å². The summed E-state index contributed by atoms with van der Waals surface area (Å²) in [5, 5.41) is 3.59. The number of furan rings is 1. The lowest BCUT2D eigenvalue weighted by Gasteiger charge is -2.27. The Bertz CT molecular complexity index is 485. The summed E-state index contributed by atoms with van der Waals surface area (Å²) in [7, 11) is 2.02. The standard InChI is InChI=1S/C14H19N3O/c1-17-8-7-15-14(17)13(12-6-3-9-18-12)16-10-11-4-2-5-11/h3,6-9,11,13,16H,2,4-5,10H2,1H3. The van der Waals surface area contributed by atoms with Crippen molar-refractivity contribution in [2.75, 3.05) is 6.54 Å². The second-order valence-electron chi connectivity index (χ2n) is 5.05. The fourth-order valence-corrected chi connectivity index (χ4v) is 2.41. The van der Waals surface area contributed by atoms with Gasteiger partial charge in [-0.3, -0.25) is 0 Å². The van der Waals surface area contributed by atoms with E-state index in [-0.39, 0.29) is 6.04 Å². The number of nitrogens with one attached hydrogen (secondary N) is 1. The molecule has 0 radical (unpaired) electrons. The minimum atomic E-state index is 0.0561. The second-order valence-corrected chi connectivity index (χ2v) is 5.05. The number of rotatable bonds is 5. The molecular weight excluding hydrogens is 226 g/mol. The zero-order valence-corrected chi connectivity index (χ0v) is 10.7. The van der Waals surface area contributed by atoms with Gasteiger partial charge in [0.05, 0.1) is 6.26 Å². The van der Waals surface area contributed by atoms with Crippen LogP contribution in [-0.2, 0) is 7.05 Å². The van der Waals surface area contributed by atoms with Crippen molar-refractivity contribution in [1.82, 2.24) is 14.9 Å². The number of hydrogen-bond acceptors (Lipinski definition) is 3.